The van der Waals surface area contributed by atoms with Crippen LogP contribution >= 0.6 is 0 Å². The van der Waals surface area contributed by atoms with Crippen LogP contribution in [0.25, 0.3) is 0 Å². The molecule has 134 valence electrons. The second-order valence-electron chi connectivity index (χ2n) is 8.25. The average Bonchev–Trinajstić information content (AvgIpc) is 3.38. The summed E-state index contributed by atoms with van der Waals surface area (Å²) in [6, 6.07) is 17.2. The maximum atomic E-state index is 12.6. The Hall–Kier alpha value is -2.29. The van der Waals surface area contributed by atoms with E-state index in [4.69, 9.17) is 0 Å². The van der Waals surface area contributed by atoms with Gasteiger partial charge in [-0.3, -0.25) is 4.79 Å². The fourth-order valence-electron chi connectivity index (χ4n) is 5.23. The van der Waals surface area contributed by atoms with Gasteiger partial charge in [-0.25, -0.2) is 0 Å². The van der Waals surface area contributed by atoms with Gasteiger partial charge in [0.25, 0.3) is 5.91 Å². The number of hydrogen-bond donors (Lipinski definition) is 1. The summed E-state index contributed by atoms with van der Waals surface area (Å²) in [4.78, 5) is 15.0. The van der Waals surface area contributed by atoms with Crippen molar-refractivity contribution < 1.29 is 4.79 Å². The zero-order chi connectivity index (χ0) is 17.5. The van der Waals surface area contributed by atoms with E-state index in [1.54, 1.807) is 0 Å². The summed E-state index contributed by atoms with van der Waals surface area (Å²) in [5.74, 6) is 1.68. The summed E-state index contributed by atoms with van der Waals surface area (Å²) in [7, 11) is 0. The first kappa shape index (κ1) is 15.9. The van der Waals surface area contributed by atoms with E-state index in [0.29, 0.717) is 6.04 Å². The van der Waals surface area contributed by atoms with E-state index in [0.717, 1.165) is 36.9 Å². The van der Waals surface area contributed by atoms with Gasteiger partial charge in [0.1, 0.15) is 0 Å². The molecule has 2 aliphatic carbocycles. The molecule has 5 rings (SSSR count). The van der Waals surface area contributed by atoms with E-state index in [2.05, 4.69) is 46.6 Å². The number of nitrogens with zero attached hydrogens (tertiary/aromatic N) is 1. The molecule has 0 aromatic heterocycles. The summed E-state index contributed by atoms with van der Waals surface area (Å²) in [6.45, 7) is 1.98. The van der Waals surface area contributed by atoms with Gasteiger partial charge in [-0.05, 0) is 66.8 Å². The van der Waals surface area contributed by atoms with Crippen LogP contribution in [0, 0.1) is 11.8 Å². The van der Waals surface area contributed by atoms with Crippen molar-refractivity contribution in [3.8, 4) is 0 Å². The van der Waals surface area contributed by atoms with Crippen molar-refractivity contribution in [2.45, 2.75) is 44.7 Å². The van der Waals surface area contributed by atoms with Crippen molar-refractivity contribution in [2.24, 2.45) is 11.8 Å². The molecule has 2 bridgehead atoms. The molecule has 3 nitrogen and oxygen atoms in total. The van der Waals surface area contributed by atoms with Gasteiger partial charge in [0, 0.05) is 30.4 Å². The van der Waals surface area contributed by atoms with Gasteiger partial charge in [-0.1, -0.05) is 36.8 Å². The molecule has 2 aromatic carbocycles. The summed E-state index contributed by atoms with van der Waals surface area (Å²) >= 11 is 0. The Morgan fingerprint density at radius 1 is 1.04 bits per heavy atom. The summed E-state index contributed by atoms with van der Waals surface area (Å²) in [5.41, 5.74) is 4.84. The van der Waals surface area contributed by atoms with Crippen LogP contribution < -0.4 is 10.2 Å². The van der Waals surface area contributed by atoms with Crippen molar-refractivity contribution in [3.05, 3.63) is 65.2 Å². The first-order valence-corrected chi connectivity index (χ1v) is 9.99. The maximum absolute atomic E-state index is 12.6. The topological polar surface area (TPSA) is 32.3 Å². The highest BCUT2D eigenvalue weighted by atomic mass is 16.1. The summed E-state index contributed by atoms with van der Waals surface area (Å²) < 4.78 is 0. The lowest BCUT2D eigenvalue weighted by Gasteiger charge is -2.23. The Morgan fingerprint density at radius 2 is 1.88 bits per heavy atom. The van der Waals surface area contributed by atoms with E-state index < -0.39 is 0 Å². The number of fused-ring (bicyclic) bond motifs is 3. The Bertz CT molecular complexity index is 813. The number of benzene rings is 2. The van der Waals surface area contributed by atoms with E-state index >= 15 is 0 Å². The van der Waals surface area contributed by atoms with Crippen LogP contribution in [0.2, 0.25) is 0 Å². The largest absolute Gasteiger partial charge is 0.367 e. The summed E-state index contributed by atoms with van der Waals surface area (Å²) in [6.07, 6.45) is 6.29. The molecule has 3 atom stereocenters. The first-order valence-electron chi connectivity index (χ1n) is 9.99. The van der Waals surface area contributed by atoms with Crippen molar-refractivity contribution >= 4 is 11.6 Å². The quantitative estimate of drug-likeness (QED) is 0.901. The molecular formula is C23H26N2O. The molecule has 3 heteroatoms. The van der Waals surface area contributed by atoms with Gasteiger partial charge in [0.05, 0.1) is 0 Å². The van der Waals surface area contributed by atoms with Crippen LogP contribution in [0.5, 0.6) is 0 Å². The Labute approximate surface area is 155 Å². The van der Waals surface area contributed by atoms with Gasteiger partial charge in [0.2, 0.25) is 0 Å². The standard InChI is InChI=1S/C23H26N2O/c26-23(24-21-14-17-7-10-20(21)13-17)19-8-5-16(6-9-19)15-25-12-11-18-3-1-2-4-22(18)25/h1-6,8-9,17,20-21H,7,10-15H2,(H,24,26)/t17-,20-,21-/m0/s1. The molecule has 1 amide bonds. The fourth-order valence-corrected chi connectivity index (χ4v) is 5.23. The molecule has 1 aliphatic heterocycles. The van der Waals surface area contributed by atoms with Gasteiger partial charge in [-0.15, -0.1) is 0 Å². The van der Waals surface area contributed by atoms with Crippen LogP contribution in [0.15, 0.2) is 48.5 Å². The van der Waals surface area contributed by atoms with Gasteiger partial charge in [0.15, 0.2) is 0 Å². The van der Waals surface area contributed by atoms with Gasteiger partial charge >= 0.3 is 0 Å². The van der Waals surface area contributed by atoms with E-state index in [9.17, 15) is 4.79 Å². The zero-order valence-electron chi connectivity index (χ0n) is 15.2. The first-order chi connectivity index (χ1) is 12.8. The molecule has 0 saturated heterocycles. The number of anilines is 1. The lowest BCUT2D eigenvalue weighted by molar-refractivity contribution is 0.0923. The minimum atomic E-state index is 0.0978. The predicted octanol–water partition coefficient (Wildman–Crippen LogP) is 4.17. The molecule has 2 aromatic rings. The van der Waals surface area contributed by atoms with Gasteiger partial charge < -0.3 is 10.2 Å². The van der Waals surface area contributed by atoms with Crippen molar-refractivity contribution in [3.63, 3.8) is 0 Å². The van der Waals surface area contributed by atoms with Gasteiger partial charge in [-0.2, -0.15) is 0 Å². The molecule has 26 heavy (non-hydrogen) atoms. The van der Waals surface area contributed by atoms with E-state index in [-0.39, 0.29) is 5.91 Å². The van der Waals surface area contributed by atoms with Crippen molar-refractivity contribution in [2.75, 3.05) is 11.4 Å². The van der Waals surface area contributed by atoms with Crippen molar-refractivity contribution in [1.82, 2.24) is 5.32 Å². The normalized spacial score (nSPS) is 26.2. The Morgan fingerprint density at radius 3 is 2.65 bits per heavy atom. The highest BCUT2D eigenvalue weighted by Crippen LogP contribution is 2.44. The van der Waals surface area contributed by atoms with Crippen LogP contribution in [-0.4, -0.2) is 18.5 Å². The highest BCUT2D eigenvalue weighted by Gasteiger charge is 2.40. The Kier molecular flexibility index (Phi) is 3.96. The van der Waals surface area contributed by atoms with Crippen LogP contribution in [0.3, 0.4) is 0 Å². The monoisotopic (exact) mass is 346 g/mol. The number of carbonyl (C=O) groups is 1. The van der Waals surface area contributed by atoms with Crippen LogP contribution in [0.4, 0.5) is 5.69 Å². The lowest BCUT2D eigenvalue weighted by atomic mass is 9.95. The number of nitrogens with one attached hydrogen (secondary N) is 1. The third-order valence-electron chi connectivity index (χ3n) is 6.63. The molecule has 1 heterocycles. The third-order valence-corrected chi connectivity index (χ3v) is 6.63. The SMILES string of the molecule is O=C(N[C@H]1C[C@H]2CC[C@H]1C2)c1ccc(CN2CCc3ccccc32)cc1. The number of amides is 1. The van der Waals surface area contributed by atoms with Crippen LogP contribution in [0.1, 0.15) is 47.2 Å². The second kappa shape index (κ2) is 6.46. The summed E-state index contributed by atoms with van der Waals surface area (Å²) in [5, 5.41) is 3.28. The number of hydrogen-bond acceptors (Lipinski definition) is 2. The Balaban J connectivity index is 1.23. The highest BCUT2D eigenvalue weighted by molar-refractivity contribution is 5.94. The molecule has 1 N–H and O–H groups in total. The number of carbonyl (C=O) groups excluding carboxylic acids is 1. The minimum absolute atomic E-state index is 0.0978. The maximum Gasteiger partial charge on any atom is 0.251 e. The number of para-hydroxylation sites is 1. The fraction of sp³-hybridized carbons (Fsp3) is 0.435. The molecular weight excluding hydrogens is 320 g/mol. The van der Waals surface area contributed by atoms with Crippen molar-refractivity contribution in [1.29, 1.82) is 0 Å². The average molecular weight is 346 g/mol. The third kappa shape index (κ3) is 2.90. The van der Waals surface area contributed by atoms with Crippen LogP contribution in [-0.2, 0) is 13.0 Å². The number of rotatable bonds is 4. The smallest absolute Gasteiger partial charge is 0.251 e. The molecule has 0 spiro atoms. The molecule has 0 radical (unpaired) electrons. The van der Waals surface area contributed by atoms with E-state index in [1.807, 2.05) is 12.1 Å². The second-order valence-corrected chi connectivity index (χ2v) is 8.25. The molecule has 0 unspecified atom stereocenters. The zero-order valence-corrected chi connectivity index (χ0v) is 15.2. The lowest BCUT2D eigenvalue weighted by Crippen LogP contribution is -2.38. The van der Waals surface area contributed by atoms with E-state index in [1.165, 1.54) is 42.5 Å². The predicted molar refractivity (Wildman–Crippen MR) is 104 cm³/mol. The molecule has 2 fully saturated rings. The molecule has 3 aliphatic rings. The molecule has 2 saturated carbocycles. The minimum Gasteiger partial charge on any atom is -0.367 e.